The third-order valence-corrected chi connectivity index (χ3v) is 3.74. The van der Waals surface area contributed by atoms with Gasteiger partial charge in [0.1, 0.15) is 12.1 Å². The van der Waals surface area contributed by atoms with Crippen molar-refractivity contribution in [1.29, 1.82) is 10.5 Å². The van der Waals surface area contributed by atoms with E-state index in [1.54, 1.807) is 0 Å². The van der Waals surface area contributed by atoms with E-state index in [2.05, 4.69) is 12.1 Å². The molecule has 0 aromatic rings. The van der Waals surface area contributed by atoms with Crippen molar-refractivity contribution in [2.75, 3.05) is 13.1 Å². The highest BCUT2D eigenvalue weighted by atomic mass is 16.2. The summed E-state index contributed by atoms with van der Waals surface area (Å²) in [6.45, 7) is 1.11. The van der Waals surface area contributed by atoms with Gasteiger partial charge >= 0.3 is 0 Å². The Morgan fingerprint density at radius 1 is 0.900 bits per heavy atom. The lowest BCUT2D eigenvalue weighted by atomic mass is 10.2. The molecule has 0 spiro atoms. The topological polar surface area (TPSA) is 88.2 Å². The number of likely N-dealkylation sites (tertiary alicyclic amines) is 2. The second kappa shape index (κ2) is 6.21. The van der Waals surface area contributed by atoms with Gasteiger partial charge in [-0.25, -0.2) is 0 Å². The third-order valence-electron chi connectivity index (χ3n) is 3.74. The Kier molecular flexibility index (Phi) is 4.37. The van der Waals surface area contributed by atoms with Gasteiger partial charge in [-0.2, -0.15) is 10.5 Å². The molecule has 0 radical (unpaired) electrons. The minimum atomic E-state index is -0.388. The maximum Gasteiger partial charge on any atom is 0.247 e. The van der Waals surface area contributed by atoms with Gasteiger partial charge in [0.05, 0.1) is 12.1 Å². The number of amides is 2. The van der Waals surface area contributed by atoms with Crippen LogP contribution < -0.4 is 0 Å². The van der Waals surface area contributed by atoms with Crippen LogP contribution in [0.15, 0.2) is 12.2 Å². The fraction of sp³-hybridized carbons (Fsp3) is 0.571. The number of carbonyl (C=O) groups is 2. The van der Waals surface area contributed by atoms with Crippen molar-refractivity contribution in [2.45, 2.75) is 37.8 Å². The fourth-order valence-electron chi connectivity index (χ4n) is 2.66. The quantitative estimate of drug-likeness (QED) is 0.687. The van der Waals surface area contributed by atoms with E-state index < -0.39 is 0 Å². The van der Waals surface area contributed by atoms with Gasteiger partial charge in [0.15, 0.2) is 0 Å². The molecule has 2 amide bonds. The van der Waals surface area contributed by atoms with Gasteiger partial charge in [0.2, 0.25) is 11.8 Å². The minimum Gasteiger partial charge on any atom is -0.323 e. The van der Waals surface area contributed by atoms with Crippen LogP contribution in [-0.2, 0) is 9.59 Å². The van der Waals surface area contributed by atoms with Crippen LogP contribution in [0, 0.1) is 22.7 Å². The van der Waals surface area contributed by atoms with E-state index in [0.717, 1.165) is 12.8 Å². The standard InChI is InChI=1S/C14H16N4O2/c15-9-11-3-1-7-17(11)13(19)5-6-14(20)18-8-2-4-12(18)10-16/h5-6,11-12H,1-4,7-8H2/b6-5+/t11-,12-/m0/s1. The molecular weight excluding hydrogens is 256 g/mol. The van der Waals surface area contributed by atoms with Gasteiger partial charge in [0, 0.05) is 25.2 Å². The summed E-state index contributed by atoms with van der Waals surface area (Å²) in [5.74, 6) is -0.620. The zero-order valence-corrected chi connectivity index (χ0v) is 11.2. The summed E-state index contributed by atoms with van der Waals surface area (Å²) >= 11 is 0. The highest BCUT2D eigenvalue weighted by molar-refractivity contribution is 5.97. The molecule has 2 atom stereocenters. The number of nitriles is 2. The molecule has 2 aliphatic heterocycles. The maximum absolute atomic E-state index is 11.9. The van der Waals surface area contributed by atoms with Gasteiger partial charge < -0.3 is 9.80 Å². The van der Waals surface area contributed by atoms with Gasteiger partial charge in [0.25, 0.3) is 0 Å². The second-order valence-corrected chi connectivity index (χ2v) is 4.97. The molecule has 2 heterocycles. The maximum atomic E-state index is 11.9. The number of carbonyl (C=O) groups excluding carboxylic acids is 2. The normalized spacial score (nSPS) is 25.7. The average Bonchev–Trinajstić information content (AvgIpc) is 3.11. The van der Waals surface area contributed by atoms with Crippen LogP contribution in [0.5, 0.6) is 0 Å². The van der Waals surface area contributed by atoms with Gasteiger partial charge in [-0.05, 0) is 25.7 Å². The van der Waals surface area contributed by atoms with Crippen molar-refractivity contribution >= 4 is 11.8 Å². The Hall–Kier alpha value is -2.34. The molecule has 0 unspecified atom stereocenters. The predicted molar refractivity (Wildman–Crippen MR) is 69.8 cm³/mol. The average molecular weight is 272 g/mol. The lowest BCUT2D eigenvalue weighted by Gasteiger charge is -2.18. The molecule has 2 aliphatic rings. The summed E-state index contributed by atoms with van der Waals surface area (Å²) in [4.78, 5) is 26.8. The Balaban J connectivity index is 1.96. The molecule has 0 N–H and O–H groups in total. The van der Waals surface area contributed by atoms with Crippen molar-refractivity contribution in [3.05, 3.63) is 12.2 Å². The summed E-state index contributed by atoms with van der Waals surface area (Å²) in [7, 11) is 0. The molecule has 104 valence electrons. The first-order valence-corrected chi connectivity index (χ1v) is 6.76. The van der Waals surface area contributed by atoms with Crippen LogP contribution in [0.25, 0.3) is 0 Å². The Morgan fingerprint density at radius 3 is 1.65 bits per heavy atom. The zero-order chi connectivity index (χ0) is 14.5. The summed E-state index contributed by atoms with van der Waals surface area (Å²) < 4.78 is 0. The first-order valence-electron chi connectivity index (χ1n) is 6.76. The smallest absolute Gasteiger partial charge is 0.247 e. The Labute approximate surface area is 117 Å². The van der Waals surface area contributed by atoms with E-state index in [1.165, 1.54) is 22.0 Å². The van der Waals surface area contributed by atoms with Crippen LogP contribution in [0.1, 0.15) is 25.7 Å². The van der Waals surface area contributed by atoms with Crippen LogP contribution in [0.4, 0.5) is 0 Å². The molecule has 0 aliphatic carbocycles. The summed E-state index contributed by atoms with van der Waals surface area (Å²) in [5.41, 5.74) is 0. The highest BCUT2D eigenvalue weighted by Gasteiger charge is 2.29. The van der Waals surface area contributed by atoms with Crippen LogP contribution in [0.2, 0.25) is 0 Å². The van der Waals surface area contributed by atoms with E-state index in [-0.39, 0.29) is 23.9 Å². The van der Waals surface area contributed by atoms with E-state index in [1.807, 2.05) is 0 Å². The van der Waals surface area contributed by atoms with Gasteiger partial charge in [-0.1, -0.05) is 0 Å². The molecule has 6 nitrogen and oxygen atoms in total. The molecule has 0 aromatic carbocycles. The summed E-state index contributed by atoms with van der Waals surface area (Å²) in [6, 6.07) is 3.40. The summed E-state index contributed by atoms with van der Waals surface area (Å²) in [5, 5.41) is 17.8. The van der Waals surface area contributed by atoms with E-state index in [0.29, 0.717) is 25.9 Å². The molecule has 2 rings (SSSR count). The number of nitrogens with zero attached hydrogens (tertiary/aromatic N) is 4. The molecule has 20 heavy (non-hydrogen) atoms. The van der Waals surface area contributed by atoms with Gasteiger partial charge in [-0.3, -0.25) is 9.59 Å². The van der Waals surface area contributed by atoms with Crippen LogP contribution >= 0.6 is 0 Å². The molecule has 6 heteroatoms. The number of hydrogen-bond acceptors (Lipinski definition) is 4. The fourth-order valence-corrected chi connectivity index (χ4v) is 2.66. The first-order chi connectivity index (χ1) is 9.67. The van der Waals surface area contributed by atoms with Gasteiger partial charge in [-0.15, -0.1) is 0 Å². The van der Waals surface area contributed by atoms with Crippen LogP contribution in [-0.4, -0.2) is 46.8 Å². The molecule has 2 saturated heterocycles. The lowest BCUT2D eigenvalue weighted by Crippen LogP contribution is -2.35. The van der Waals surface area contributed by atoms with Crippen LogP contribution in [0.3, 0.4) is 0 Å². The molecular formula is C14H16N4O2. The Morgan fingerprint density at radius 2 is 1.30 bits per heavy atom. The third kappa shape index (κ3) is 2.80. The predicted octanol–water partition coefficient (Wildman–Crippen LogP) is 0.572. The van der Waals surface area contributed by atoms with E-state index >= 15 is 0 Å². The first kappa shape index (κ1) is 14.1. The van der Waals surface area contributed by atoms with Crippen molar-refractivity contribution in [2.24, 2.45) is 0 Å². The summed E-state index contributed by atoms with van der Waals surface area (Å²) in [6.07, 6.45) is 5.43. The van der Waals surface area contributed by atoms with Crippen molar-refractivity contribution in [1.82, 2.24) is 9.80 Å². The molecule has 2 fully saturated rings. The SMILES string of the molecule is N#C[C@@H]1CCCN1C(=O)/C=C/C(=O)N1CCC[C@H]1C#N. The van der Waals surface area contributed by atoms with Crippen molar-refractivity contribution in [3.63, 3.8) is 0 Å². The molecule has 0 bridgehead atoms. The lowest BCUT2D eigenvalue weighted by molar-refractivity contribution is -0.128. The minimum absolute atomic E-state index is 0.310. The van der Waals surface area contributed by atoms with Crippen molar-refractivity contribution in [3.8, 4) is 12.1 Å². The number of hydrogen-bond donors (Lipinski definition) is 0. The molecule has 0 saturated carbocycles. The molecule has 0 aromatic heterocycles. The van der Waals surface area contributed by atoms with Crippen molar-refractivity contribution < 1.29 is 9.59 Å². The second-order valence-electron chi connectivity index (χ2n) is 4.97. The highest BCUT2D eigenvalue weighted by Crippen LogP contribution is 2.18. The number of rotatable bonds is 2. The van der Waals surface area contributed by atoms with E-state index in [9.17, 15) is 9.59 Å². The largest absolute Gasteiger partial charge is 0.323 e. The van der Waals surface area contributed by atoms with E-state index in [4.69, 9.17) is 10.5 Å². The zero-order valence-electron chi connectivity index (χ0n) is 11.2. The monoisotopic (exact) mass is 272 g/mol. The Bertz CT molecular complexity index is 468.